The van der Waals surface area contributed by atoms with Crippen LogP contribution in [0.3, 0.4) is 0 Å². The SMILES string of the molecule is C=C1CC[C@@H]2[C@]3(C)C=NO[C@@H]3CC[C@@]2(C)[C@@H]1C/C=C1/C(=O)OC[C@H]1O. The van der Waals surface area contributed by atoms with Gasteiger partial charge in [-0.3, -0.25) is 0 Å². The van der Waals surface area contributed by atoms with E-state index in [0.29, 0.717) is 17.4 Å². The average molecular weight is 345 g/mol. The van der Waals surface area contributed by atoms with E-state index in [-0.39, 0.29) is 29.5 Å². The standard InChI is InChI=1S/C20H27NO4/c1-12-4-7-16-19(2,9-8-17-20(16,3)11-21-25-17)14(12)6-5-13-15(22)10-24-18(13)23/h5,11,14-17,22H,1,4,6-10H2,2-3H3/b13-5+/t14-,15-,16+,17-,19+,20+/m1/s1. The molecule has 2 aliphatic carbocycles. The molecule has 0 aromatic rings. The van der Waals surface area contributed by atoms with Crippen LogP contribution in [0, 0.1) is 22.7 Å². The second kappa shape index (κ2) is 5.70. The summed E-state index contributed by atoms with van der Waals surface area (Å²) in [5, 5.41) is 14.1. The summed E-state index contributed by atoms with van der Waals surface area (Å²) in [6.45, 7) is 9.06. The molecule has 136 valence electrons. The number of carbonyl (C=O) groups excluding carboxylic acids is 1. The molecule has 0 spiro atoms. The quantitative estimate of drug-likeness (QED) is 0.475. The summed E-state index contributed by atoms with van der Waals surface area (Å²) in [5.74, 6) is 0.396. The van der Waals surface area contributed by atoms with E-state index in [1.165, 1.54) is 5.57 Å². The number of nitrogens with zero attached hydrogens (tertiary/aromatic N) is 1. The molecular weight excluding hydrogens is 318 g/mol. The van der Waals surface area contributed by atoms with Crippen molar-refractivity contribution in [2.75, 3.05) is 6.61 Å². The van der Waals surface area contributed by atoms with Crippen LogP contribution >= 0.6 is 0 Å². The largest absolute Gasteiger partial charge is 0.459 e. The Morgan fingerprint density at radius 2 is 2.24 bits per heavy atom. The number of cyclic esters (lactones) is 1. The molecule has 25 heavy (non-hydrogen) atoms. The van der Waals surface area contributed by atoms with Crippen molar-refractivity contribution in [2.45, 2.75) is 58.2 Å². The van der Waals surface area contributed by atoms with Crippen LogP contribution in [-0.4, -0.2) is 36.1 Å². The number of ether oxygens (including phenoxy) is 1. The summed E-state index contributed by atoms with van der Waals surface area (Å²) in [4.78, 5) is 17.4. The molecule has 2 heterocycles. The van der Waals surface area contributed by atoms with Gasteiger partial charge in [0.25, 0.3) is 0 Å². The predicted molar refractivity (Wildman–Crippen MR) is 93.8 cm³/mol. The topological polar surface area (TPSA) is 68.1 Å². The van der Waals surface area contributed by atoms with E-state index >= 15 is 0 Å². The zero-order valence-corrected chi connectivity index (χ0v) is 15.0. The van der Waals surface area contributed by atoms with Crippen molar-refractivity contribution in [1.82, 2.24) is 0 Å². The summed E-state index contributed by atoms with van der Waals surface area (Å²) >= 11 is 0. The van der Waals surface area contributed by atoms with E-state index in [0.717, 1.165) is 32.1 Å². The van der Waals surface area contributed by atoms with E-state index < -0.39 is 6.10 Å². The van der Waals surface area contributed by atoms with Crippen molar-refractivity contribution in [3.05, 3.63) is 23.8 Å². The maximum atomic E-state index is 11.8. The first-order chi connectivity index (χ1) is 11.9. The van der Waals surface area contributed by atoms with Crippen molar-refractivity contribution in [2.24, 2.45) is 27.8 Å². The van der Waals surface area contributed by atoms with E-state index in [1.807, 2.05) is 12.3 Å². The van der Waals surface area contributed by atoms with Crippen LogP contribution in [0.2, 0.25) is 0 Å². The van der Waals surface area contributed by atoms with Crippen molar-refractivity contribution in [3.8, 4) is 0 Å². The van der Waals surface area contributed by atoms with Crippen LogP contribution in [0.4, 0.5) is 0 Å². The number of oxime groups is 1. The molecular formula is C20H27NO4. The lowest BCUT2D eigenvalue weighted by Gasteiger charge is -2.57. The van der Waals surface area contributed by atoms with Gasteiger partial charge in [-0.05, 0) is 49.4 Å². The summed E-state index contributed by atoms with van der Waals surface area (Å²) < 4.78 is 4.94. The third-order valence-electron chi connectivity index (χ3n) is 7.29. The van der Waals surface area contributed by atoms with Crippen LogP contribution in [0.5, 0.6) is 0 Å². The maximum Gasteiger partial charge on any atom is 0.336 e. The lowest BCUT2D eigenvalue weighted by molar-refractivity contribution is -0.135. The molecule has 0 amide bonds. The average Bonchev–Trinajstić information content (AvgIpc) is 3.10. The van der Waals surface area contributed by atoms with E-state index in [4.69, 9.17) is 9.57 Å². The van der Waals surface area contributed by atoms with Gasteiger partial charge in [0.15, 0.2) is 0 Å². The van der Waals surface area contributed by atoms with Crippen molar-refractivity contribution in [3.63, 3.8) is 0 Å². The third-order valence-corrected chi connectivity index (χ3v) is 7.29. The van der Waals surface area contributed by atoms with Gasteiger partial charge in [0.05, 0.1) is 11.8 Å². The summed E-state index contributed by atoms with van der Waals surface area (Å²) in [5.41, 5.74) is 1.74. The monoisotopic (exact) mass is 345 g/mol. The first kappa shape index (κ1) is 16.8. The van der Waals surface area contributed by atoms with Crippen LogP contribution in [0.15, 0.2) is 29.0 Å². The molecule has 0 aromatic carbocycles. The molecule has 0 aromatic heterocycles. The van der Waals surface area contributed by atoms with Gasteiger partial charge in [0.1, 0.15) is 18.8 Å². The minimum Gasteiger partial charge on any atom is -0.459 e. The molecule has 1 saturated heterocycles. The van der Waals surface area contributed by atoms with Gasteiger partial charge in [-0.25, -0.2) is 4.79 Å². The van der Waals surface area contributed by atoms with Crippen LogP contribution < -0.4 is 0 Å². The van der Waals surface area contributed by atoms with E-state index in [1.54, 1.807) is 0 Å². The van der Waals surface area contributed by atoms with E-state index in [2.05, 4.69) is 25.6 Å². The predicted octanol–water partition coefficient (Wildman–Crippen LogP) is 2.99. The maximum absolute atomic E-state index is 11.8. The van der Waals surface area contributed by atoms with Gasteiger partial charge < -0.3 is 14.7 Å². The first-order valence-corrected chi connectivity index (χ1v) is 9.29. The highest BCUT2D eigenvalue weighted by atomic mass is 16.6. The lowest BCUT2D eigenvalue weighted by atomic mass is 9.46. The molecule has 2 saturated carbocycles. The number of hydrogen-bond acceptors (Lipinski definition) is 5. The van der Waals surface area contributed by atoms with Crippen LogP contribution in [-0.2, 0) is 14.4 Å². The number of aliphatic hydroxyl groups is 1. The van der Waals surface area contributed by atoms with Gasteiger partial charge >= 0.3 is 5.97 Å². The Morgan fingerprint density at radius 3 is 2.96 bits per heavy atom. The Balaban J connectivity index is 1.63. The highest BCUT2D eigenvalue weighted by molar-refractivity contribution is 5.91. The number of fused-ring (bicyclic) bond motifs is 3. The van der Waals surface area contributed by atoms with E-state index in [9.17, 15) is 9.90 Å². The van der Waals surface area contributed by atoms with Crippen molar-refractivity contribution < 1.29 is 19.5 Å². The molecule has 5 nitrogen and oxygen atoms in total. The molecule has 2 aliphatic heterocycles. The number of hydrogen-bond donors (Lipinski definition) is 1. The Bertz CT molecular complexity index is 669. The van der Waals surface area contributed by atoms with Crippen LogP contribution in [0.1, 0.15) is 46.0 Å². The molecule has 4 aliphatic rings. The zero-order chi connectivity index (χ0) is 17.8. The highest BCUT2D eigenvalue weighted by Gasteiger charge is 2.59. The molecule has 3 fully saturated rings. The summed E-state index contributed by atoms with van der Waals surface area (Å²) in [6.07, 6.45) is 8.19. The molecule has 4 rings (SSSR count). The van der Waals surface area contributed by atoms with Gasteiger partial charge in [-0.15, -0.1) is 0 Å². The van der Waals surface area contributed by atoms with Gasteiger partial charge in [-0.1, -0.05) is 37.2 Å². The second-order valence-electron chi connectivity index (χ2n) is 8.55. The normalized spacial score (nSPS) is 47.4. The minimum atomic E-state index is -0.795. The number of aliphatic hydroxyl groups excluding tert-OH is 1. The van der Waals surface area contributed by atoms with Crippen LogP contribution in [0.25, 0.3) is 0 Å². The second-order valence-corrected chi connectivity index (χ2v) is 8.55. The number of allylic oxidation sites excluding steroid dienone is 2. The molecule has 0 unspecified atom stereocenters. The number of carbonyl (C=O) groups is 1. The summed E-state index contributed by atoms with van der Waals surface area (Å²) in [7, 11) is 0. The Kier molecular flexibility index (Phi) is 3.83. The van der Waals surface area contributed by atoms with Gasteiger partial charge in [0.2, 0.25) is 0 Å². The molecule has 5 heteroatoms. The molecule has 0 bridgehead atoms. The first-order valence-electron chi connectivity index (χ1n) is 9.29. The zero-order valence-electron chi connectivity index (χ0n) is 15.0. The lowest BCUT2D eigenvalue weighted by Crippen LogP contribution is -2.55. The Labute approximate surface area is 148 Å². The molecule has 1 N–H and O–H groups in total. The van der Waals surface area contributed by atoms with Gasteiger partial charge in [0, 0.05) is 5.41 Å². The number of esters is 1. The fourth-order valence-electron chi connectivity index (χ4n) is 5.81. The molecule has 6 atom stereocenters. The molecule has 0 radical (unpaired) electrons. The highest BCUT2D eigenvalue weighted by Crippen LogP contribution is 2.62. The van der Waals surface area contributed by atoms with Crippen molar-refractivity contribution >= 4 is 12.2 Å². The minimum absolute atomic E-state index is 0.0229. The van der Waals surface area contributed by atoms with Crippen molar-refractivity contribution in [1.29, 1.82) is 0 Å². The fourth-order valence-corrected chi connectivity index (χ4v) is 5.81. The Morgan fingerprint density at radius 1 is 1.44 bits per heavy atom. The number of rotatable bonds is 2. The Hall–Kier alpha value is -1.62. The third kappa shape index (κ3) is 2.39. The summed E-state index contributed by atoms with van der Waals surface area (Å²) in [6, 6.07) is 0. The fraction of sp³-hybridized carbons (Fsp3) is 0.700. The van der Waals surface area contributed by atoms with Gasteiger partial charge in [-0.2, -0.15) is 0 Å². The smallest absolute Gasteiger partial charge is 0.336 e.